The lowest BCUT2D eigenvalue weighted by Gasteiger charge is -2.13. The number of nitrogens with zero attached hydrogens (tertiary/aromatic N) is 2. The first-order valence-corrected chi connectivity index (χ1v) is 6.81. The molecule has 0 saturated carbocycles. The quantitative estimate of drug-likeness (QED) is 0.235. The van der Waals surface area contributed by atoms with Crippen LogP contribution >= 0.6 is 0 Å². The summed E-state index contributed by atoms with van der Waals surface area (Å²) in [6.45, 7) is 0.414. The average molecular weight is 353 g/mol. The molecule has 0 atom stereocenters. The maximum Gasteiger partial charge on any atom is 0.490 e. The van der Waals surface area contributed by atoms with E-state index in [-0.39, 0.29) is 17.7 Å². The Balaban J connectivity index is 0.000000640. The predicted octanol–water partition coefficient (Wildman–Crippen LogP) is 0.437. The van der Waals surface area contributed by atoms with Crippen LogP contribution in [0.15, 0.2) is 12.2 Å². The van der Waals surface area contributed by atoms with Crippen molar-refractivity contribution in [2.24, 2.45) is 5.84 Å². The number of aliphatic carboxylic acids is 1. The van der Waals surface area contributed by atoms with Gasteiger partial charge in [0.05, 0.1) is 0 Å². The highest BCUT2D eigenvalue weighted by atomic mass is 19.4. The summed E-state index contributed by atoms with van der Waals surface area (Å²) >= 11 is 0. The van der Waals surface area contributed by atoms with Crippen LogP contribution < -0.4 is 5.84 Å². The number of carbonyl (C=O) groups excluding carboxylic acids is 3. The van der Waals surface area contributed by atoms with Crippen LogP contribution in [0.4, 0.5) is 13.2 Å². The number of carboxylic acids is 1. The molecule has 0 aromatic carbocycles. The SMILES string of the molecule is CN(N)C(=O)CCCCCN1C(=O)C=CC1=O.O=C(O)C(F)(F)F. The molecule has 8 nitrogen and oxygen atoms in total. The Morgan fingerprint density at radius 1 is 1.17 bits per heavy atom. The number of alkyl halides is 3. The summed E-state index contributed by atoms with van der Waals surface area (Å²) in [6.07, 6.45) is 0.0685. The fraction of sp³-hybridized carbons (Fsp3) is 0.538. The van der Waals surface area contributed by atoms with Crippen LogP contribution in [0.3, 0.4) is 0 Å². The molecule has 1 aliphatic heterocycles. The van der Waals surface area contributed by atoms with Crippen molar-refractivity contribution >= 4 is 23.7 Å². The normalized spacial score (nSPS) is 13.6. The van der Waals surface area contributed by atoms with Crippen molar-refractivity contribution in [3.63, 3.8) is 0 Å². The predicted molar refractivity (Wildman–Crippen MR) is 75.0 cm³/mol. The molecule has 0 aromatic heterocycles. The van der Waals surface area contributed by atoms with Gasteiger partial charge in [-0.25, -0.2) is 10.6 Å². The molecule has 11 heteroatoms. The number of rotatable bonds is 6. The number of amides is 3. The molecule has 0 unspecified atom stereocenters. The van der Waals surface area contributed by atoms with E-state index in [1.54, 1.807) is 0 Å². The van der Waals surface area contributed by atoms with Gasteiger partial charge in [0.25, 0.3) is 11.8 Å². The van der Waals surface area contributed by atoms with Crippen LogP contribution in [-0.2, 0) is 19.2 Å². The second-order valence-electron chi connectivity index (χ2n) is 4.78. The van der Waals surface area contributed by atoms with E-state index in [0.29, 0.717) is 25.8 Å². The molecule has 0 spiro atoms. The van der Waals surface area contributed by atoms with Crippen molar-refractivity contribution in [2.75, 3.05) is 13.6 Å². The van der Waals surface area contributed by atoms with E-state index in [0.717, 1.165) is 11.4 Å². The Bertz CT molecular complexity index is 499. The van der Waals surface area contributed by atoms with Gasteiger partial charge in [-0.15, -0.1) is 0 Å². The monoisotopic (exact) mass is 353 g/mol. The van der Waals surface area contributed by atoms with Crippen molar-refractivity contribution in [3.8, 4) is 0 Å². The molecule has 0 saturated heterocycles. The third kappa shape index (κ3) is 8.27. The topological polar surface area (TPSA) is 121 Å². The van der Waals surface area contributed by atoms with E-state index >= 15 is 0 Å². The number of carbonyl (C=O) groups is 4. The van der Waals surface area contributed by atoms with Crippen LogP contribution in [-0.4, -0.2) is 58.5 Å². The number of halogens is 3. The summed E-state index contributed by atoms with van der Waals surface area (Å²) in [5.74, 6) is 1.88. The van der Waals surface area contributed by atoms with Gasteiger partial charge >= 0.3 is 12.1 Å². The van der Waals surface area contributed by atoms with Crippen LogP contribution in [0.5, 0.6) is 0 Å². The molecule has 3 N–H and O–H groups in total. The molecule has 0 bridgehead atoms. The van der Waals surface area contributed by atoms with Crippen LogP contribution in [0.25, 0.3) is 0 Å². The van der Waals surface area contributed by atoms with E-state index in [1.165, 1.54) is 24.1 Å². The molecule has 0 radical (unpaired) electrons. The van der Waals surface area contributed by atoms with Crippen molar-refractivity contribution in [3.05, 3.63) is 12.2 Å². The minimum atomic E-state index is -5.08. The molecule has 1 heterocycles. The van der Waals surface area contributed by atoms with Crippen molar-refractivity contribution < 1.29 is 37.5 Å². The summed E-state index contributed by atoms with van der Waals surface area (Å²) in [5, 5.41) is 8.19. The number of hydrogen-bond acceptors (Lipinski definition) is 5. The minimum Gasteiger partial charge on any atom is -0.475 e. The van der Waals surface area contributed by atoms with Gasteiger partial charge < -0.3 is 5.11 Å². The summed E-state index contributed by atoms with van der Waals surface area (Å²) in [7, 11) is 1.51. The Morgan fingerprint density at radius 3 is 2.00 bits per heavy atom. The number of hydrogen-bond donors (Lipinski definition) is 2. The van der Waals surface area contributed by atoms with Crippen LogP contribution in [0.2, 0.25) is 0 Å². The fourth-order valence-electron chi connectivity index (χ4n) is 1.55. The van der Waals surface area contributed by atoms with Crippen molar-refractivity contribution in [1.29, 1.82) is 0 Å². The van der Waals surface area contributed by atoms with E-state index in [4.69, 9.17) is 15.7 Å². The standard InChI is InChI=1S/C11H17N3O3.C2HF3O2/c1-13(12)9(15)5-3-2-4-8-14-10(16)6-7-11(14)17;3-2(4,5)1(6)7/h6-7H,2-5,8,12H2,1H3;(H,6,7). The first kappa shape index (κ1) is 21.6. The lowest BCUT2D eigenvalue weighted by atomic mass is 10.2. The summed E-state index contributed by atoms with van der Waals surface area (Å²) in [4.78, 5) is 43.6. The summed E-state index contributed by atoms with van der Waals surface area (Å²) in [6, 6.07) is 0. The van der Waals surface area contributed by atoms with Gasteiger partial charge in [-0.05, 0) is 12.8 Å². The van der Waals surface area contributed by atoms with Gasteiger partial charge in [0, 0.05) is 32.2 Å². The summed E-state index contributed by atoms with van der Waals surface area (Å²) in [5.41, 5.74) is 0. The maximum absolute atomic E-state index is 11.2. The summed E-state index contributed by atoms with van der Waals surface area (Å²) < 4.78 is 31.7. The molecule has 24 heavy (non-hydrogen) atoms. The van der Waals surface area contributed by atoms with Gasteiger partial charge in [-0.2, -0.15) is 13.2 Å². The lowest BCUT2D eigenvalue weighted by molar-refractivity contribution is -0.192. The van der Waals surface area contributed by atoms with Crippen LogP contribution in [0, 0.1) is 0 Å². The third-order valence-corrected chi connectivity index (χ3v) is 2.81. The first-order valence-electron chi connectivity index (χ1n) is 6.81. The smallest absolute Gasteiger partial charge is 0.475 e. The molecule has 1 rings (SSSR count). The largest absolute Gasteiger partial charge is 0.490 e. The molecule has 136 valence electrons. The molecule has 1 aliphatic rings. The van der Waals surface area contributed by atoms with E-state index in [9.17, 15) is 27.6 Å². The average Bonchev–Trinajstić information content (AvgIpc) is 2.77. The molecular formula is C13H18F3N3O5. The Kier molecular flexibility index (Phi) is 8.67. The maximum atomic E-state index is 11.2. The van der Waals surface area contributed by atoms with Gasteiger partial charge in [-0.1, -0.05) is 6.42 Å². The van der Waals surface area contributed by atoms with E-state index in [1.807, 2.05) is 0 Å². The second kappa shape index (κ2) is 9.65. The lowest BCUT2D eigenvalue weighted by Crippen LogP contribution is -2.33. The fourth-order valence-corrected chi connectivity index (χ4v) is 1.55. The van der Waals surface area contributed by atoms with Gasteiger partial charge in [0.1, 0.15) is 0 Å². The Hall–Kier alpha value is -2.43. The molecular weight excluding hydrogens is 335 g/mol. The zero-order valence-corrected chi connectivity index (χ0v) is 12.9. The number of hydrazine groups is 1. The zero-order chi connectivity index (χ0) is 18.9. The van der Waals surface area contributed by atoms with E-state index in [2.05, 4.69) is 0 Å². The number of nitrogens with two attached hydrogens (primary N) is 1. The molecule has 0 aromatic rings. The molecule has 0 aliphatic carbocycles. The first-order chi connectivity index (χ1) is 11.0. The van der Waals surface area contributed by atoms with Gasteiger partial charge in [-0.3, -0.25) is 24.3 Å². The van der Waals surface area contributed by atoms with Crippen molar-refractivity contribution in [2.45, 2.75) is 31.9 Å². The number of unbranched alkanes of at least 4 members (excludes halogenated alkanes) is 2. The molecule has 0 fully saturated rings. The van der Waals surface area contributed by atoms with Gasteiger partial charge in [0.15, 0.2) is 0 Å². The third-order valence-electron chi connectivity index (χ3n) is 2.81. The number of carboxylic acid groups (broad SMARTS) is 1. The van der Waals surface area contributed by atoms with Gasteiger partial charge in [0.2, 0.25) is 5.91 Å². The Morgan fingerprint density at radius 2 is 1.62 bits per heavy atom. The van der Waals surface area contributed by atoms with Crippen LogP contribution in [0.1, 0.15) is 25.7 Å². The highest BCUT2D eigenvalue weighted by Crippen LogP contribution is 2.13. The van der Waals surface area contributed by atoms with Crippen molar-refractivity contribution in [1.82, 2.24) is 9.91 Å². The second-order valence-corrected chi connectivity index (χ2v) is 4.78. The van der Waals surface area contributed by atoms with E-state index < -0.39 is 12.1 Å². The molecule has 3 amide bonds. The number of imide groups is 1. The highest BCUT2D eigenvalue weighted by molar-refractivity contribution is 6.12. The highest BCUT2D eigenvalue weighted by Gasteiger charge is 2.38. The Labute approximate surface area is 135 Å². The zero-order valence-electron chi connectivity index (χ0n) is 12.9. The minimum absolute atomic E-state index is 0.111.